The average Bonchev–Trinajstić information content (AvgIpc) is 2.93. The molecule has 1 aromatic carbocycles. The lowest BCUT2D eigenvalue weighted by atomic mass is 10.1. The van der Waals surface area contributed by atoms with E-state index in [1.54, 1.807) is 6.20 Å². The van der Waals surface area contributed by atoms with Crippen LogP contribution in [0.4, 0.5) is 5.69 Å². The fourth-order valence-electron chi connectivity index (χ4n) is 2.42. The molecule has 0 radical (unpaired) electrons. The second-order valence-corrected chi connectivity index (χ2v) is 5.11. The molecule has 1 amide bonds. The van der Waals surface area contributed by atoms with Gasteiger partial charge in [0.1, 0.15) is 5.65 Å². The highest BCUT2D eigenvalue weighted by atomic mass is 16.2. The molecule has 2 heterocycles. The van der Waals surface area contributed by atoms with Crippen LogP contribution in [0.3, 0.4) is 0 Å². The second-order valence-electron chi connectivity index (χ2n) is 5.11. The SMILES string of the molecule is O=C(Cc1c[nH]c2ncccc12)Nc1ccc(CCO)cc1. The van der Waals surface area contributed by atoms with E-state index in [9.17, 15) is 4.79 Å². The van der Waals surface area contributed by atoms with Crippen LogP contribution in [-0.4, -0.2) is 27.6 Å². The van der Waals surface area contributed by atoms with Crippen LogP contribution in [0.5, 0.6) is 0 Å². The van der Waals surface area contributed by atoms with Crippen molar-refractivity contribution in [2.24, 2.45) is 0 Å². The van der Waals surface area contributed by atoms with E-state index in [0.717, 1.165) is 27.8 Å². The number of nitrogens with zero attached hydrogens (tertiary/aromatic N) is 1. The summed E-state index contributed by atoms with van der Waals surface area (Å²) in [6.45, 7) is 0.125. The molecular weight excluding hydrogens is 278 g/mol. The number of aliphatic hydroxyl groups excluding tert-OH is 1. The number of anilines is 1. The van der Waals surface area contributed by atoms with Gasteiger partial charge in [0.25, 0.3) is 0 Å². The van der Waals surface area contributed by atoms with Gasteiger partial charge in [-0.1, -0.05) is 12.1 Å². The lowest BCUT2D eigenvalue weighted by Crippen LogP contribution is -2.14. The van der Waals surface area contributed by atoms with Crippen LogP contribution in [0.25, 0.3) is 11.0 Å². The molecule has 0 fully saturated rings. The molecule has 22 heavy (non-hydrogen) atoms. The Kier molecular flexibility index (Phi) is 4.16. The maximum absolute atomic E-state index is 12.1. The highest BCUT2D eigenvalue weighted by Crippen LogP contribution is 2.17. The number of rotatable bonds is 5. The number of hydrogen-bond donors (Lipinski definition) is 3. The first-order chi connectivity index (χ1) is 10.8. The molecular formula is C17H17N3O2. The molecule has 3 rings (SSSR count). The highest BCUT2D eigenvalue weighted by Gasteiger charge is 2.09. The van der Waals surface area contributed by atoms with E-state index in [1.807, 2.05) is 42.6 Å². The number of hydrogen-bond acceptors (Lipinski definition) is 3. The van der Waals surface area contributed by atoms with Crippen molar-refractivity contribution in [2.45, 2.75) is 12.8 Å². The minimum absolute atomic E-state index is 0.0698. The number of aromatic nitrogens is 2. The summed E-state index contributed by atoms with van der Waals surface area (Å²) in [6.07, 6.45) is 4.46. The van der Waals surface area contributed by atoms with Crippen LogP contribution in [0.2, 0.25) is 0 Å². The Morgan fingerprint density at radius 1 is 1.23 bits per heavy atom. The molecule has 0 aliphatic rings. The molecule has 2 aromatic heterocycles. The van der Waals surface area contributed by atoms with Crippen LogP contribution < -0.4 is 5.32 Å². The number of nitrogens with one attached hydrogen (secondary N) is 2. The Bertz CT molecular complexity index is 778. The first-order valence-corrected chi connectivity index (χ1v) is 7.17. The standard InChI is InChI=1S/C17H17N3O2/c21-9-7-12-3-5-14(6-4-12)20-16(22)10-13-11-19-17-15(13)2-1-8-18-17/h1-6,8,11,21H,7,9-10H2,(H,18,19)(H,20,22). The lowest BCUT2D eigenvalue weighted by molar-refractivity contribution is -0.115. The number of H-pyrrole nitrogens is 1. The Morgan fingerprint density at radius 2 is 2.05 bits per heavy atom. The quantitative estimate of drug-likeness (QED) is 0.675. The van der Waals surface area contributed by atoms with E-state index in [0.29, 0.717) is 12.8 Å². The van der Waals surface area contributed by atoms with Crippen molar-refractivity contribution >= 4 is 22.6 Å². The number of carbonyl (C=O) groups excluding carboxylic acids is 1. The van der Waals surface area contributed by atoms with Gasteiger partial charge in [0.15, 0.2) is 0 Å². The van der Waals surface area contributed by atoms with E-state index in [-0.39, 0.29) is 12.5 Å². The van der Waals surface area contributed by atoms with Gasteiger partial charge < -0.3 is 15.4 Å². The molecule has 0 unspecified atom stereocenters. The van der Waals surface area contributed by atoms with Gasteiger partial charge in [-0.15, -0.1) is 0 Å². The summed E-state index contributed by atoms with van der Waals surface area (Å²) < 4.78 is 0. The number of aliphatic hydroxyl groups is 1. The molecule has 5 heteroatoms. The van der Waals surface area contributed by atoms with Crippen LogP contribution >= 0.6 is 0 Å². The zero-order valence-electron chi connectivity index (χ0n) is 12.0. The van der Waals surface area contributed by atoms with Crippen molar-refractivity contribution in [2.75, 3.05) is 11.9 Å². The lowest BCUT2D eigenvalue weighted by Gasteiger charge is -2.06. The van der Waals surface area contributed by atoms with Crippen LogP contribution in [0.1, 0.15) is 11.1 Å². The number of amides is 1. The maximum Gasteiger partial charge on any atom is 0.228 e. The zero-order valence-corrected chi connectivity index (χ0v) is 12.0. The van der Waals surface area contributed by atoms with Gasteiger partial charge in [0, 0.05) is 30.1 Å². The van der Waals surface area contributed by atoms with Crippen LogP contribution in [0.15, 0.2) is 48.8 Å². The van der Waals surface area contributed by atoms with E-state index in [4.69, 9.17) is 5.11 Å². The normalized spacial score (nSPS) is 10.8. The van der Waals surface area contributed by atoms with Gasteiger partial charge in [-0.2, -0.15) is 0 Å². The number of fused-ring (bicyclic) bond motifs is 1. The molecule has 0 aliphatic carbocycles. The largest absolute Gasteiger partial charge is 0.396 e. The number of aromatic amines is 1. The molecule has 0 saturated heterocycles. The Balaban J connectivity index is 1.67. The van der Waals surface area contributed by atoms with Gasteiger partial charge in [-0.05, 0) is 41.8 Å². The summed E-state index contributed by atoms with van der Waals surface area (Å²) in [4.78, 5) is 19.4. The third kappa shape index (κ3) is 3.15. The molecule has 0 atom stereocenters. The number of carbonyl (C=O) groups is 1. The first kappa shape index (κ1) is 14.3. The summed E-state index contributed by atoms with van der Waals surface area (Å²) in [6, 6.07) is 11.3. The van der Waals surface area contributed by atoms with Crippen molar-refractivity contribution in [1.82, 2.24) is 9.97 Å². The van der Waals surface area contributed by atoms with Crippen molar-refractivity contribution in [3.63, 3.8) is 0 Å². The first-order valence-electron chi connectivity index (χ1n) is 7.17. The van der Waals surface area contributed by atoms with Gasteiger partial charge in [-0.25, -0.2) is 4.98 Å². The molecule has 0 saturated carbocycles. The van der Waals surface area contributed by atoms with Crippen LogP contribution in [-0.2, 0) is 17.6 Å². The maximum atomic E-state index is 12.1. The van der Waals surface area contributed by atoms with E-state index in [2.05, 4.69) is 15.3 Å². The van der Waals surface area contributed by atoms with E-state index >= 15 is 0 Å². The summed E-state index contributed by atoms with van der Waals surface area (Å²) in [7, 11) is 0. The predicted molar refractivity (Wildman–Crippen MR) is 85.7 cm³/mol. The molecule has 0 bridgehead atoms. The molecule has 5 nitrogen and oxygen atoms in total. The number of benzene rings is 1. The Labute approximate surface area is 128 Å². The fraction of sp³-hybridized carbons (Fsp3) is 0.176. The zero-order chi connectivity index (χ0) is 15.4. The third-order valence-corrected chi connectivity index (χ3v) is 3.53. The molecule has 3 N–H and O–H groups in total. The molecule has 3 aromatic rings. The third-order valence-electron chi connectivity index (χ3n) is 3.53. The summed E-state index contributed by atoms with van der Waals surface area (Å²) >= 11 is 0. The summed E-state index contributed by atoms with van der Waals surface area (Å²) in [5, 5.41) is 12.7. The second kappa shape index (κ2) is 6.41. The summed E-state index contributed by atoms with van der Waals surface area (Å²) in [5.41, 5.74) is 3.52. The van der Waals surface area contributed by atoms with E-state index < -0.39 is 0 Å². The fourth-order valence-corrected chi connectivity index (χ4v) is 2.42. The van der Waals surface area contributed by atoms with Gasteiger partial charge in [0.05, 0.1) is 6.42 Å². The topological polar surface area (TPSA) is 78.0 Å². The molecule has 0 spiro atoms. The minimum Gasteiger partial charge on any atom is -0.396 e. The van der Waals surface area contributed by atoms with Crippen molar-refractivity contribution < 1.29 is 9.90 Å². The van der Waals surface area contributed by atoms with Crippen molar-refractivity contribution in [3.05, 3.63) is 59.9 Å². The highest BCUT2D eigenvalue weighted by molar-refractivity contribution is 5.95. The number of pyridine rings is 1. The van der Waals surface area contributed by atoms with Gasteiger partial charge in [0.2, 0.25) is 5.91 Å². The Hall–Kier alpha value is -2.66. The Morgan fingerprint density at radius 3 is 2.82 bits per heavy atom. The molecule has 112 valence electrons. The minimum atomic E-state index is -0.0698. The predicted octanol–water partition coefficient (Wildman–Crippen LogP) is 2.28. The van der Waals surface area contributed by atoms with Gasteiger partial charge in [-0.3, -0.25) is 4.79 Å². The van der Waals surface area contributed by atoms with Crippen molar-refractivity contribution in [1.29, 1.82) is 0 Å². The average molecular weight is 295 g/mol. The monoisotopic (exact) mass is 295 g/mol. The summed E-state index contributed by atoms with van der Waals surface area (Å²) in [5.74, 6) is -0.0698. The smallest absolute Gasteiger partial charge is 0.228 e. The van der Waals surface area contributed by atoms with Gasteiger partial charge >= 0.3 is 0 Å². The van der Waals surface area contributed by atoms with E-state index in [1.165, 1.54) is 0 Å². The molecule has 0 aliphatic heterocycles. The van der Waals surface area contributed by atoms with Crippen molar-refractivity contribution in [3.8, 4) is 0 Å². The van der Waals surface area contributed by atoms with Crippen LogP contribution in [0, 0.1) is 0 Å².